The van der Waals surface area contributed by atoms with Crippen LogP contribution in [0.1, 0.15) is 60.9 Å². The molecule has 0 bridgehead atoms. The molecule has 0 aromatic carbocycles. The number of aryl methyl sites for hydroxylation is 1. The third-order valence-corrected chi connectivity index (χ3v) is 4.06. The molecule has 23 heavy (non-hydrogen) atoms. The Balaban J connectivity index is 2.00. The first kappa shape index (κ1) is 17.4. The maximum absolute atomic E-state index is 11.6. The van der Waals surface area contributed by atoms with Crippen LogP contribution in [0.3, 0.4) is 0 Å². The van der Waals surface area contributed by atoms with Crippen LogP contribution in [0.25, 0.3) is 0 Å². The first-order valence-electron chi connectivity index (χ1n) is 8.36. The average Bonchev–Trinajstić information content (AvgIpc) is 2.94. The Bertz CT molecular complexity index is 545. The van der Waals surface area contributed by atoms with Crippen LogP contribution in [0.4, 0.5) is 0 Å². The average molecular weight is 321 g/mol. The minimum absolute atomic E-state index is 0.381. The summed E-state index contributed by atoms with van der Waals surface area (Å²) >= 11 is 0. The fraction of sp³-hybridized carbons (Fsp3) is 0.647. The van der Waals surface area contributed by atoms with Crippen molar-refractivity contribution in [3.63, 3.8) is 0 Å². The van der Waals surface area contributed by atoms with E-state index in [9.17, 15) is 4.79 Å². The molecular formula is C17H27N3O3. The number of ether oxygens (including phenoxy) is 1. The Morgan fingerprint density at radius 3 is 2.78 bits per heavy atom. The van der Waals surface area contributed by atoms with Crippen molar-refractivity contribution >= 4 is 11.9 Å². The Morgan fingerprint density at radius 1 is 1.39 bits per heavy atom. The Labute approximate surface area is 137 Å². The molecule has 6 nitrogen and oxygen atoms in total. The van der Waals surface area contributed by atoms with Gasteiger partial charge in [0.1, 0.15) is 23.6 Å². The number of nitrogens with one attached hydrogen (secondary N) is 2. The number of guanidine groups is 1. The highest BCUT2D eigenvalue weighted by atomic mass is 16.5. The van der Waals surface area contributed by atoms with E-state index < -0.39 is 0 Å². The molecule has 0 saturated heterocycles. The predicted molar refractivity (Wildman–Crippen MR) is 89.6 cm³/mol. The van der Waals surface area contributed by atoms with Gasteiger partial charge in [0.25, 0.3) is 0 Å². The van der Waals surface area contributed by atoms with Crippen molar-refractivity contribution < 1.29 is 13.9 Å². The fourth-order valence-electron chi connectivity index (χ4n) is 2.85. The molecule has 0 unspecified atom stereocenters. The lowest BCUT2D eigenvalue weighted by Crippen LogP contribution is -2.44. The maximum Gasteiger partial charge on any atom is 0.341 e. The molecule has 0 amide bonds. The van der Waals surface area contributed by atoms with Crippen LogP contribution in [0.5, 0.6) is 0 Å². The minimum atomic E-state index is -0.381. The highest BCUT2D eigenvalue weighted by molar-refractivity contribution is 5.90. The molecule has 1 aliphatic rings. The number of furan rings is 1. The van der Waals surface area contributed by atoms with Crippen LogP contribution in [-0.4, -0.2) is 31.6 Å². The number of rotatable bonds is 5. The van der Waals surface area contributed by atoms with Crippen LogP contribution >= 0.6 is 0 Å². The third-order valence-electron chi connectivity index (χ3n) is 4.06. The SMILES string of the molecule is CCNC(=NCc1cc(C(=O)OC)c(C)o1)NC1CCCCC1. The zero-order valence-corrected chi connectivity index (χ0v) is 14.3. The van der Waals surface area contributed by atoms with Crippen LogP contribution < -0.4 is 10.6 Å². The summed E-state index contributed by atoms with van der Waals surface area (Å²) in [4.78, 5) is 16.2. The van der Waals surface area contributed by atoms with E-state index in [1.807, 2.05) is 6.92 Å². The number of hydrogen-bond acceptors (Lipinski definition) is 4. The summed E-state index contributed by atoms with van der Waals surface area (Å²) in [5.74, 6) is 1.64. The van der Waals surface area contributed by atoms with Gasteiger partial charge in [0.05, 0.1) is 7.11 Å². The van der Waals surface area contributed by atoms with Gasteiger partial charge >= 0.3 is 5.97 Å². The molecule has 6 heteroatoms. The van der Waals surface area contributed by atoms with Crippen molar-refractivity contribution in [1.29, 1.82) is 0 Å². The van der Waals surface area contributed by atoms with E-state index in [1.54, 1.807) is 13.0 Å². The van der Waals surface area contributed by atoms with E-state index in [2.05, 4.69) is 15.6 Å². The van der Waals surface area contributed by atoms with Crippen molar-refractivity contribution in [1.82, 2.24) is 10.6 Å². The lowest BCUT2D eigenvalue weighted by Gasteiger charge is -2.24. The van der Waals surface area contributed by atoms with Crippen LogP contribution in [0.15, 0.2) is 15.5 Å². The summed E-state index contributed by atoms with van der Waals surface area (Å²) in [6.45, 7) is 5.00. The summed E-state index contributed by atoms with van der Waals surface area (Å²) in [6, 6.07) is 2.19. The molecule has 0 aliphatic heterocycles. The lowest BCUT2D eigenvalue weighted by atomic mass is 9.96. The first-order valence-corrected chi connectivity index (χ1v) is 8.36. The van der Waals surface area contributed by atoms with Crippen molar-refractivity contribution in [2.45, 2.75) is 58.5 Å². The normalized spacial score (nSPS) is 16.2. The van der Waals surface area contributed by atoms with E-state index in [-0.39, 0.29) is 5.97 Å². The van der Waals surface area contributed by atoms with Crippen molar-refractivity contribution in [2.75, 3.05) is 13.7 Å². The predicted octanol–water partition coefficient (Wildman–Crippen LogP) is 2.76. The van der Waals surface area contributed by atoms with Gasteiger partial charge in [-0.25, -0.2) is 9.79 Å². The van der Waals surface area contributed by atoms with Gasteiger partial charge in [0.15, 0.2) is 5.96 Å². The van der Waals surface area contributed by atoms with E-state index in [1.165, 1.54) is 39.2 Å². The highest BCUT2D eigenvalue weighted by Gasteiger charge is 2.16. The van der Waals surface area contributed by atoms with Gasteiger partial charge in [-0.3, -0.25) is 0 Å². The first-order chi connectivity index (χ1) is 11.1. The topological polar surface area (TPSA) is 75.9 Å². The molecule has 1 heterocycles. The van der Waals surface area contributed by atoms with Crippen molar-refractivity contribution in [2.24, 2.45) is 4.99 Å². The summed E-state index contributed by atoms with van der Waals surface area (Å²) < 4.78 is 10.3. The van der Waals surface area contributed by atoms with Crippen LogP contribution in [-0.2, 0) is 11.3 Å². The molecule has 0 radical (unpaired) electrons. The molecular weight excluding hydrogens is 294 g/mol. The Morgan fingerprint density at radius 2 is 2.13 bits per heavy atom. The quantitative estimate of drug-likeness (QED) is 0.495. The molecule has 1 aromatic rings. The zero-order chi connectivity index (χ0) is 16.7. The molecule has 1 aromatic heterocycles. The van der Waals surface area contributed by atoms with Gasteiger partial charge in [-0.1, -0.05) is 19.3 Å². The van der Waals surface area contributed by atoms with Gasteiger partial charge in [0.2, 0.25) is 0 Å². The fourth-order valence-corrected chi connectivity index (χ4v) is 2.85. The molecule has 2 N–H and O–H groups in total. The van der Waals surface area contributed by atoms with E-state index in [4.69, 9.17) is 9.15 Å². The summed E-state index contributed by atoms with van der Waals surface area (Å²) in [7, 11) is 1.37. The van der Waals surface area contributed by atoms with Gasteiger partial charge in [-0.05, 0) is 32.8 Å². The Hall–Kier alpha value is -1.98. The lowest BCUT2D eigenvalue weighted by molar-refractivity contribution is 0.0599. The maximum atomic E-state index is 11.6. The van der Waals surface area contributed by atoms with Crippen molar-refractivity contribution in [3.8, 4) is 0 Å². The van der Waals surface area contributed by atoms with Gasteiger partial charge in [0, 0.05) is 12.6 Å². The molecule has 128 valence electrons. The molecule has 0 spiro atoms. The van der Waals surface area contributed by atoms with Crippen LogP contribution in [0.2, 0.25) is 0 Å². The summed E-state index contributed by atoms with van der Waals surface area (Å²) in [5.41, 5.74) is 0.461. The van der Waals surface area contributed by atoms with E-state index >= 15 is 0 Å². The summed E-state index contributed by atoms with van der Waals surface area (Å²) in [6.07, 6.45) is 6.26. The second-order valence-electron chi connectivity index (χ2n) is 5.85. The number of methoxy groups -OCH3 is 1. The molecule has 1 saturated carbocycles. The number of nitrogens with zero attached hydrogens (tertiary/aromatic N) is 1. The molecule has 1 aliphatic carbocycles. The highest BCUT2D eigenvalue weighted by Crippen LogP contribution is 2.18. The standard InChI is InChI=1S/C17H27N3O3/c1-4-18-17(20-13-8-6-5-7-9-13)19-11-14-10-15(12(2)23-14)16(21)22-3/h10,13H,4-9,11H2,1-3H3,(H2,18,19,20). The van der Waals surface area contributed by atoms with Gasteiger partial charge < -0.3 is 19.8 Å². The monoisotopic (exact) mass is 321 g/mol. The molecule has 2 rings (SSSR count). The number of esters is 1. The number of carbonyl (C=O) groups is 1. The second kappa shape index (κ2) is 8.60. The van der Waals surface area contributed by atoms with E-state index in [0.29, 0.717) is 29.7 Å². The molecule has 1 fully saturated rings. The summed E-state index contributed by atoms with van der Waals surface area (Å²) in [5, 5.41) is 6.75. The second-order valence-corrected chi connectivity index (χ2v) is 5.85. The van der Waals surface area contributed by atoms with Crippen LogP contribution in [0, 0.1) is 6.92 Å². The smallest absolute Gasteiger partial charge is 0.341 e. The van der Waals surface area contributed by atoms with Gasteiger partial charge in [-0.15, -0.1) is 0 Å². The van der Waals surface area contributed by atoms with Gasteiger partial charge in [-0.2, -0.15) is 0 Å². The number of aliphatic imine (C=N–C) groups is 1. The molecule has 0 atom stereocenters. The minimum Gasteiger partial charge on any atom is -0.465 e. The van der Waals surface area contributed by atoms with E-state index in [0.717, 1.165) is 12.5 Å². The number of carbonyl (C=O) groups excluding carboxylic acids is 1. The number of hydrogen-bond donors (Lipinski definition) is 2. The Kier molecular flexibility index (Phi) is 6.50. The zero-order valence-electron chi connectivity index (χ0n) is 14.3. The van der Waals surface area contributed by atoms with Crippen molar-refractivity contribution in [3.05, 3.63) is 23.2 Å². The largest absolute Gasteiger partial charge is 0.465 e. The third kappa shape index (κ3) is 5.01.